The van der Waals surface area contributed by atoms with Crippen LogP contribution < -0.4 is 4.74 Å². The van der Waals surface area contributed by atoms with E-state index in [1.165, 1.54) is 43.0 Å². The summed E-state index contributed by atoms with van der Waals surface area (Å²) < 4.78 is 42.6. The van der Waals surface area contributed by atoms with Crippen molar-refractivity contribution in [3.8, 4) is 5.75 Å². The van der Waals surface area contributed by atoms with E-state index in [9.17, 15) is 18.3 Å². The fourth-order valence-electron chi connectivity index (χ4n) is 2.43. The average molecular weight is 391 g/mol. The number of rotatable bonds is 6. The van der Waals surface area contributed by atoms with Gasteiger partial charge in [-0.05, 0) is 48.9 Å². The van der Waals surface area contributed by atoms with Crippen LogP contribution in [0.15, 0.2) is 47.9 Å². The maximum atomic E-state index is 12.3. The van der Waals surface area contributed by atoms with Crippen molar-refractivity contribution in [2.75, 3.05) is 6.61 Å². The van der Waals surface area contributed by atoms with Crippen LogP contribution in [0.1, 0.15) is 18.4 Å². The zero-order valence-corrected chi connectivity index (χ0v) is 14.4. The lowest BCUT2D eigenvalue weighted by Gasteiger charge is -2.32. The predicted molar refractivity (Wildman–Crippen MR) is 87.6 cm³/mol. The molecule has 1 unspecified atom stereocenters. The highest BCUT2D eigenvalue weighted by Crippen LogP contribution is 2.55. The van der Waals surface area contributed by atoms with E-state index in [1.807, 2.05) is 0 Å². The lowest BCUT2D eigenvalue weighted by Crippen LogP contribution is -2.43. The molecule has 0 amide bonds. The molecule has 1 atom stereocenters. The first-order chi connectivity index (χ1) is 11.7. The van der Waals surface area contributed by atoms with Crippen molar-refractivity contribution >= 4 is 23.4 Å². The Kier molecular flexibility index (Phi) is 4.87. The molecule has 1 N–H and O–H groups in total. The number of nitrogens with zero attached hydrogens (tertiary/aromatic N) is 2. The Bertz CT molecular complexity index is 726. The zero-order chi connectivity index (χ0) is 18.1. The van der Waals surface area contributed by atoms with Crippen LogP contribution in [0.2, 0.25) is 0 Å². The molecule has 0 bridgehead atoms. The molecule has 134 valence electrons. The molecule has 2 aromatic rings. The Balaban J connectivity index is 1.72. The Labute approximate surface area is 151 Å². The molecular formula is C16H14ClF3N2O2S. The standard InChI is InChI=1S/C16H14ClF3N2O2S/c17-14(5-6-14)15(23,11-7-21-10-22-8-11)9-24-12-1-3-13(4-2-12)25-16(18,19)20/h1-4,7-8,10,23H,5-6,9H2. The van der Waals surface area contributed by atoms with Crippen LogP contribution in [0.5, 0.6) is 5.75 Å². The second-order valence-electron chi connectivity index (χ2n) is 5.76. The number of aromatic nitrogens is 2. The number of hydrogen-bond acceptors (Lipinski definition) is 5. The largest absolute Gasteiger partial charge is 0.490 e. The van der Waals surface area contributed by atoms with Crippen molar-refractivity contribution < 1.29 is 23.0 Å². The molecular weight excluding hydrogens is 377 g/mol. The second kappa shape index (κ2) is 6.66. The minimum atomic E-state index is -4.34. The van der Waals surface area contributed by atoms with Gasteiger partial charge in [0.25, 0.3) is 0 Å². The van der Waals surface area contributed by atoms with Gasteiger partial charge in [0.15, 0.2) is 0 Å². The van der Waals surface area contributed by atoms with Crippen molar-refractivity contribution in [3.05, 3.63) is 48.5 Å². The molecule has 1 saturated carbocycles. The van der Waals surface area contributed by atoms with Gasteiger partial charge in [0.2, 0.25) is 0 Å². The van der Waals surface area contributed by atoms with E-state index >= 15 is 0 Å². The fraction of sp³-hybridized carbons (Fsp3) is 0.375. The fourth-order valence-corrected chi connectivity index (χ4v) is 3.23. The van der Waals surface area contributed by atoms with Gasteiger partial charge in [0, 0.05) is 22.9 Å². The van der Waals surface area contributed by atoms with Crippen LogP contribution in [0.25, 0.3) is 0 Å². The third kappa shape index (κ3) is 4.19. The van der Waals surface area contributed by atoms with Gasteiger partial charge in [-0.25, -0.2) is 9.97 Å². The molecule has 1 heterocycles. The van der Waals surface area contributed by atoms with Gasteiger partial charge < -0.3 is 9.84 Å². The van der Waals surface area contributed by atoms with E-state index in [-0.39, 0.29) is 23.3 Å². The van der Waals surface area contributed by atoms with E-state index in [0.717, 1.165) is 0 Å². The first-order valence-electron chi connectivity index (χ1n) is 7.37. The number of thioether (sulfide) groups is 1. The molecule has 9 heteroatoms. The van der Waals surface area contributed by atoms with Gasteiger partial charge in [0.05, 0.1) is 4.87 Å². The zero-order valence-electron chi connectivity index (χ0n) is 12.8. The molecule has 1 aliphatic rings. The first-order valence-corrected chi connectivity index (χ1v) is 8.57. The highest BCUT2D eigenvalue weighted by Gasteiger charge is 2.59. The minimum absolute atomic E-state index is 0.0579. The number of aliphatic hydroxyl groups is 1. The summed E-state index contributed by atoms with van der Waals surface area (Å²) in [6.07, 6.45) is 5.52. The summed E-state index contributed by atoms with van der Waals surface area (Å²) in [7, 11) is 0. The van der Waals surface area contributed by atoms with Crippen LogP contribution in [-0.2, 0) is 5.60 Å². The predicted octanol–water partition coefficient (Wildman–Crippen LogP) is 4.13. The van der Waals surface area contributed by atoms with E-state index in [2.05, 4.69) is 9.97 Å². The van der Waals surface area contributed by atoms with Crippen molar-refractivity contribution in [2.24, 2.45) is 0 Å². The summed E-state index contributed by atoms with van der Waals surface area (Å²) in [6, 6.07) is 5.46. The molecule has 1 aliphatic carbocycles. The Morgan fingerprint density at radius 3 is 2.28 bits per heavy atom. The topological polar surface area (TPSA) is 55.2 Å². The van der Waals surface area contributed by atoms with Crippen molar-refractivity contribution in [2.45, 2.75) is 33.7 Å². The van der Waals surface area contributed by atoms with Crippen LogP contribution >= 0.6 is 23.4 Å². The molecule has 3 rings (SSSR count). The third-order valence-corrected chi connectivity index (χ3v) is 5.40. The van der Waals surface area contributed by atoms with Crippen molar-refractivity contribution in [1.29, 1.82) is 0 Å². The molecule has 0 radical (unpaired) electrons. The monoisotopic (exact) mass is 390 g/mol. The van der Waals surface area contributed by atoms with Gasteiger partial charge in [-0.15, -0.1) is 11.6 Å². The van der Waals surface area contributed by atoms with Gasteiger partial charge >= 0.3 is 5.51 Å². The van der Waals surface area contributed by atoms with Crippen molar-refractivity contribution in [3.63, 3.8) is 0 Å². The summed E-state index contributed by atoms with van der Waals surface area (Å²) in [5, 5.41) is 11.1. The van der Waals surface area contributed by atoms with E-state index in [1.54, 1.807) is 0 Å². The smallest absolute Gasteiger partial charge is 0.446 e. The number of benzene rings is 1. The van der Waals surface area contributed by atoms with E-state index in [4.69, 9.17) is 16.3 Å². The first kappa shape index (κ1) is 18.3. The highest BCUT2D eigenvalue weighted by atomic mass is 35.5. The summed E-state index contributed by atoms with van der Waals surface area (Å²) >= 11 is 6.24. The van der Waals surface area contributed by atoms with Gasteiger partial charge in [0.1, 0.15) is 24.3 Å². The van der Waals surface area contributed by atoms with E-state index in [0.29, 0.717) is 24.2 Å². The van der Waals surface area contributed by atoms with Crippen LogP contribution in [-0.4, -0.2) is 32.1 Å². The average Bonchev–Trinajstić information content (AvgIpc) is 3.33. The second-order valence-corrected chi connectivity index (χ2v) is 7.62. The molecule has 1 aromatic heterocycles. The van der Waals surface area contributed by atoms with Gasteiger partial charge in [-0.3, -0.25) is 0 Å². The van der Waals surface area contributed by atoms with Gasteiger partial charge in [-0.2, -0.15) is 13.2 Å². The summed E-state index contributed by atoms with van der Waals surface area (Å²) in [4.78, 5) is 7.00. The normalized spacial score (nSPS) is 18.4. The highest BCUT2D eigenvalue weighted by molar-refractivity contribution is 8.00. The Morgan fingerprint density at radius 2 is 1.76 bits per heavy atom. The van der Waals surface area contributed by atoms with Crippen LogP contribution in [0, 0.1) is 0 Å². The molecule has 4 nitrogen and oxygen atoms in total. The number of halogens is 4. The molecule has 0 spiro atoms. The molecule has 1 aromatic carbocycles. The lowest BCUT2D eigenvalue weighted by molar-refractivity contribution is -0.0328. The maximum Gasteiger partial charge on any atom is 0.446 e. The Hall–Kier alpha value is -1.51. The summed E-state index contributed by atoms with van der Waals surface area (Å²) in [5.74, 6) is 0.336. The van der Waals surface area contributed by atoms with E-state index < -0.39 is 16.0 Å². The SMILES string of the molecule is OC(COc1ccc(SC(F)(F)F)cc1)(c1cncnc1)C1(Cl)CC1. The molecule has 0 aliphatic heterocycles. The molecule has 25 heavy (non-hydrogen) atoms. The third-order valence-electron chi connectivity index (χ3n) is 3.97. The molecule has 0 saturated heterocycles. The number of ether oxygens (including phenoxy) is 1. The summed E-state index contributed by atoms with van der Waals surface area (Å²) in [5.41, 5.74) is -5.39. The van der Waals surface area contributed by atoms with Gasteiger partial charge in [-0.1, -0.05) is 0 Å². The van der Waals surface area contributed by atoms with Crippen molar-refractivity contribution in [1.82, 2.24) is 9.97 Å². The Morgan fingerprint density at radius 1 is 1.16 bits per heavy atom. The lowest BCUT2D eigenvalue weighted by atomic mass is 9.91. The van der Waals surface area contributed by atoms with Crippen LogP contribution in [0.3, 0.4) is 0 Å². The summed E-state index contributed by atoms with van der Waals surface area (Å²) in [6.45, 7) is -0.157. The van der Waals surface area contributed by atoms with Crippen LogP contribution in [0.4, 0.5) is 13.2 Å². The number of alkyl halides is 4. The molecule has 1 fully saturated rings. The quantitative estimate of drug-likeness (QED) is 0.593. The minimum Gasteiger partial charge on any atom is -0.490 e. The maximum absolute atomic E-state index is 12.3. The number of hydrogen-bond donors (Lipinski definition) is 1.